The lowest BCUT2D eigenvalue weighted by molar-refractivity contribution is -0.154. The van der Waals surface area contributed by atoms with Gasteiger partial charge in [-0.25, -0.2) is 4.90 Å². The fourth-order valence-corrected chi connectivity index (χ4v) is 4.02. The van der Waals surface area contributed by atoms with Crippen LogP contribution in [0.25, 0.3) is 10.9 Å². The highest BCUT2D eigenvalue weighted by Gasteiger charge is 2.30. The van der Waals surface area contributed by atoms with Crippen molar-refractivity contribution < 1.29 is 28.7 Å². The number of methoxy groups -OCH3 is 1. The van der Waals surface area contributed by atoms with E-state index in [1.54, 1.807) is 49.4 Å². The van der Waals surface area contributed by atoms with Crippen LogP contribution in [0.3, 0.4) is 0 Å². The van der Waals surface area contributed by atoms with Gasteiger partial charge < -0.3 is 9.47 Å². The lowest BCUT2D eigenvalue weighted by atomic mass is 10.1. The van der Waals surface area contributed by atoms with Crippen molar-refractivity contribution in [3.05, 3.63) is 64.3 Å². The summed E-state index contributed by atoms with van der Waals surface area (Å²) in [5.41, 5.74) is 2.22. The van der Waals surface area contributed by atoms with Gasteiger partial charge in [-0.2, -0.15) is 0 Å². The van der Waals surface area contributed by atoms with Crippen molar-refractivity contribution in [2.24, 2.45) is 0 Å². The number of rotatable bonds is 6. The molecular formula is C24H21ClN2O6. The van der Waals surface area contributed by atoms with E-state index in [-0.39, 0.29) is 37.0 Å². The monoisotopic (exact) mass is 468 g/mol. The van der Waals surface area contributed by atoms with E-state index >= 15 is 0 Å². The van der Waals surface area contributed by atoms with Crippen molar-refractivity contribution in [3.8, 4) is 5.75 Å². The maximum Gasteiger partial charge on any atom is 0.312 e. The van der Waals surface area contributed by atoms with E-state index in [2.05, 4.69) is 0 Å². The van der Waals surface area contributed by atoms with Gasteiger partial charge in [-0.3, -0.25) is 23.7 Å². The zero-order valence-corrected chi connectivity index (χ0v) is 18.8. The highest BCUT2D eigenvalue weighted by molar-refractivity contribution is 6.30. The Morgan fingerprint density at radius 1 is 1.03 bits per heavy atom. The molecule has 2 amide bonds. The Kier molecular flexibility index (Phi) is 6.20. The van der Waals surface area contributed by atoms with Crippen LogP contribution >= 0.6 is 11.6 Å². The molecule has 1 aliphatic rings. The van der Waals surface area contributed by atoms with Gasteiger partial charge in [-0.1, -0.05) is 11.6 Å². The fraction of sp³-hybridized carbons (Fsp3) is 0.250. The van der Waals surface area contributed by atoms with Crippen molar-refractivity contribution in [3.63, 3.8) is 0 Å². The Bertz CT molecular complexity index is 1260. The van der Waals surface area contributed by atoms with E-state index in [1.165, 1.54) is 11.7 Å². The van der Waals surface area contributed by atoms with E-state index in [4.69, 9.17) is 21.1 Å². The minimum Gasteiger partial charge on any atom is -0.497 e. The zero-order chi connectivity index (χ0) is 23.7. The molecule has 0 unspecified atom stereocenters. The predicted molar refractivity (Wildman–Crippen MR) is 120 cm³/mol. The summed E-state index contributed by atoms with van der Waals surface area (Å²) in [6, 6.07) is 11.8. The molecule has 0 spiro atoms. The molecule has 33 heavy (non-hydrogen) atoms. The number of benzene rings is 2. The van der Waals surface area contributed by atoms with E-state index in [9.17, 15) is 19.2 Å². The first-order valence-electron chi connectivity index (χ1n) is 10.3. The van der Waals surface area contributed by atoms with E-state index in [0.717, 1.165) is 4.90 Å². The molecule has 1 fully saturated rings. The van der Waals surface area contributed by atoms with Gasteiger partial charge in [0, 0.05) is 34.5 Å². The maximum atomic E-state index is 13.3. The van der Waals surface area contributed by atoms with Gasteiger partial charge in [0.2, 0.25) is 11.8 Å². The fourth-order valence-electron chi connectivity index (χ4n) is 3.89. The second-order valence-corrected chi connectivity index (χ2v) is 8.07. The van der Waals surface area contributed by atoms with Crippen LogP contribution in [0.15, 0.2) is 42.5 Å². The second kappa shape index (κ2) is 9.07. The summed E-state index contributed by atoms with van der Waals surface area (Å²) < 4.78 is 12.1. The summed E-state index contributed by atoms with van der Waals surface area (Å²) in [4.78, 5) is 50.3. The van der Waals surface area contributed by atoms with Gasteiger partial charge in [0.1, 0.15) is 5.75 Å². The van der Waals surface area contributed by atoms with Crippen LogP contribution in [0.1, 0.15) is 34.5 Å². The smallest absolute Gasteiger partial charge is 0.312 e. The number of esters is 1. The number of likely N-dealkylation sites (tertiary alicyclic amines) is 1. The zero-order valence-electron chi connectivity index (χ0n) is 18.1. The van der Waals surface area contributed by atoms with Crippen LogP contribution in [-0.2, 0) is 25.5 Å². The van der Waals surface area contributed by atoms with Gasteiger partial charge in [0.05, 0.1) is 19.0 Å². The molecular weight excluding hydrogens is 448 g/mol. The number of fused-ring (bicyclic) bond motifs is 1. The molecule has 3 aromatic rings. The Labute approximate surface area is 194 Å². The minimum absolute atomic E-state index is 0.121. The Hall–Kier alpha value is -3.65. The van der Waals surface area contributed by atoms with Crippen molar-refractivity contribution in [2.45, 2.75) is 26.2 Å². The van der Waals surface area contributed by atoms with Crippen LogP contribution < -0.4 is 4.74 Å². The molecule has 8 nitrogen and oxygen atoms in total. The number of aromatic nitrogens is 1. The molecule has 2 aromatic carbocycles. The number of carbonyl (C=O) groups is 4. The average molecular weight is 469 g/mol. The summed E-state index contributed by atoms with van der Waals surface area (Å²) >= 11 is 5.95. The van der Waals surface area contributed by atoms with Crippen molar-refractivity contribution in [1.82, 2.24) is 9.47 Å². The molecule has 1 aromatic heterocycles. The Balaban J connectivity index is 1.67. The minimum atomic E-state index is -0.619. The van der Waals surface area contributed by atoms with E-state index in [1.807, 2.05) is 0 Å². The van der Waals surface area contributed by atoms with Crippen molar-refractivity contribution in [1.29, 1.82) is 0 Å². The molecule has 1 aliphatic heterocycles. The third kappa shape index (κ3) is 4.34. The second-order valence-electron chi connectivity index (χ2n) is 7.63. The third-order valence-electron chi connectivity index (χ3n) is 5.67. The number of nitrogens with zero attached hydrogens (tertiary/aromatic N) is 2. The molecule has 2 heterocycles. The lowest BCUT2D eigenvalue weighted by Gasteiger charge is -2.14. The van der Waals surface area contributed by atoms with E-state index in [0.29, 0.717) is 38.5 Å². The molecule has 0 aliphatic carbocycles. The molecule has 4 rings (SSSR count). The number of ether oxygens (including phenoxy) is 2. The number of hydrogen-bond donors (Lipinski definition) is 0. The van der Waals surface area contributed by atoms with Crippen molar-refractivity contribution in [2.75, 3.05) is 13.8 Å². The summed E-state index contributed by atoms with van der Waals surface area (Å²) in [7, 11) is 1.53. The molecule has 0 saturated carbocycles. The first-order valence-corrected chi connectivity index (χ1v) is 10.6. The van der Waals surface area contributed by atoms with Crippen LogP contribution in [0, 0.1) is 6.92 Å². The normalized spacial score (nSPS) is 13.6. The number of hydrogen-bond acceptors (Lipinski definition) is 6. The molecule has 1 saturated heterocycles. The van der Waals surface area contributed by atoms with Crippen LogP contribution in [-0.4, -0.2) is 47.0 Å². The van der Waals surface area contributed by atoms with Gasteiger partial charge in [0.25, 0.3) is 5.91 Å². The van der Waals surface area contributed by atoms with E-state index < -0.39 is 12.7 Å². The van der Waals surface area contributed by atoms with Crippen molar-refractivity contribution >= 4 is 46.2 Å². The van der Waals surface area contributed by atoms with Crippen LogP contribution in [0.5, 0.6) is 5.75 Å². The highest BCUT2D eigenvalue weighted by Crippen LogP contribution is 2.31. The number of amides is 2. The molecule has 170 valence electrons. The SMILES string of the molecule is COc1ccc2c(c1)c(CC(=O)OCN1C(=O)CCC1=O)c(C)n2C(=O)c1ccc(Cl)cc1. The van der Waals surface area contributed by atoms with Crippen LogP contribution in [0.2, 0.25) is 5.02 Å². The summed E-state index contributed by atoms with van der Waals surface area (Å²) in [6.45, 7) is 1.33. The summed E-state index contributed by atoms with van der Waals surface area (Å²) in [6.07, 6.45) is 0.0950. The van der Waals surface area contributed by atoms with Gasteiger partial charge in [-0.15, -0.1) is 0 Å². The van der Waals surface area contributed by atoms with Gasteiger partial charge in [-0.05, 0) is 55.0 Å². The Morgan fingerprint density at radius 2 is 1.70 bits per heavy atom. The molecule has 0 radical (unpaired) electrons. The third-order valence-corrected chi connectivity index (χ3v) is 5.92. The molecule has 0 atom stereocenters. The average Bonchev–Trinajstić information content (AvgIpc) is 3.27. The predicted octanol–water partition coefficient (Wildman–Crippen LogP) is 3.49. The summed E-state index contributed by atoms with van der Waals surface area (Å²) in [5.74, 6) is -1.04. The topological polar surface area (TPSA) is 94.9 Å². The largest absolute Gasteiger partial charge is 0.497 e. The number of halogens is 1. The Morgan fingerprint density at radius 3 is 2.33 bits per heavy atom. The molecule has 0 N–H and O–H groups in total. The standard InChI is InChI=1S/C24H21ClN2O6/c1-14-18(12-23(30)33-13-26-21(28)9-10-22(26)29)19-11-17(32-2)7-8-20(19)27(14)24(31)15-3-5-16(25)6-4-15/h3-8,11H,9-10,12-13H2,1-2H3. The molecule has 0 bridgehead atoms. The van der Waals surface area contributed by atoms with Gasteiger partial charge >= 0.3 is 5.97 Å². The van der Waals surface area contributed by atoms with Crippen LogP contribution in [0.4, 0.5) is 0 Å². The lowest BCUT2D eigenvalue weighted by Crippen LogP contribution is -2.32. The maximum absolute atomic E-state index is 13.3. The number of imide groups is 1. The first kappa shape index (κ1) is 22.5. The van der Waals surface area contributed by atoms with Gasteiger partial charge in [0.15, 0.2) is 6.73 Å². The molecule has 9 heteroatoms. The number of carbonyl (C=O) groups excluding carboxylic acids is 4. The first-order chi connectivity index (χ1) is 15.8. The summed E-state index contributed by atoms with van der Waals surface area (Å²) in [5, 5.41) is 1.18. The quantitative estimate of drug-likeness (QED) is 0.406. The highest BCUT2D eigenvalue weighted by atomic mass is 35.5.